The fourth-order valence-corrected chi connectivity index (χ4v) is 4.00. The minimum atomic E-state index is -0.715. The molecule has 32 heavy (non-hydrogen) atoms. The first-order chi connectivity index (χ1) is 15.5. The molecule has 1 aromatic heterocycles. The number of hydrogen-bond acceptors (Lipinski definition) is 6. The van der Waals surface area contributed by atoms with Gasteiger partial charge in [0.15, 0.2) is 0 Å². The number of anilines is 1. The van der Waals surface area contributed by atoms with Crippen molar-refractivity contribution >= 4 is 17.8 Å². The van der Waals surface area contributed by atoms with Crippen LogP contribution in [0.15, 0.2) is 59.9 Å². The van der Waals surface area contributed by atoms with E-state index in [0.717, 1.165) is 32.0 Å². The predicted octanol–water partition coefficient (Wildman–Crippen LogP) is 2.21. The summed E-state index contributed by atoms with van der Waals surface area (Å²) in [6, 6.07) is 10.5. The molecular formula is C23H26FN5O3. The number of ether oxygens (including phenoxy) is 1. The lowest BCUT2D eigenvalue weighted by Crippen LogP contribution is -2.52. The third-order valence-electron chi connectivity index (χ3n) is 5.58. The average Bonchev–Trinajstić information content (AvgIpc) is 2.80. The van der Waals surface area contributed by atoms with Gasteiger partial charge in [0, 0.05) is 44.6 Å². The number of urea groups is 1. The molecule has 1 atom stereocenters. The number of esters is 1. The van der Waals surface area contributed by atoms with Crippen LogP contribution < -0.4 is 15.5 Å². The molecule has 9 heteroatoms. The van der Waals surface area contributed by atoms with Gasteiger partial charge in [-0.3, -0.25) is 4.90 Å². The molecule has 1 saturated heterocycles. The van der Waals surface area contributed by atoms with Gasteiger partial charge in [-0.25, -0.2) is 19.0 Å². The van der Waals surface area contributed by atoms with Crippen LogP contribution in [0, 0.1) is 5.82 Å². The Balaban J connectivity index is 1.56. The standard InChI is InChI=1S/C23H26FN5O3/c1-2-32-22(30)20-18(26-23(31)27-21(20)16-6-8-17(24)9-7-16)15-28-11-13-29(14-12-28)19-5-3-4-10-25-19/h3-10,21H,2,11-15H2,1H3,(H2,26,27,31)/t21-/m1/s1. The highest BCUT2D eigenvalue weighted by Crippen LogP contribution is 2.28. The van der Waals surface area contributed by atoms with Crippen molar-refractivity contribution in [2.75, 3.05) is 44.2 Å². The summed E-state index contributed by atoms with van der Waals surface area (Å²) in [7, 11) is 0. The number of pyridine rings is 1. The van der Waals surface area contributed by atoms with Crippen molar-refractivity contribution in [3.63, 3.8) is 0 Å². The summed E-state index contributed by atoms with van der Waals surface area (Å²) in [5.41, 5.74) is 1.46. The van der Waals surface area contributed by atoms with E-state index in [1.54, 1.807) is 25.3 Å². The van der Waals surface area contributed by atoms with Crippen molar-refractivity contribution in [1.82, 2.24) is 20.5 Å². The Bertz CT molecular complexity index is 988. The van der Waals surface area contributed by atoms with Crippen LogP contribution in [0.2, 0.25) is 0 Å². The number of aromatic nitrogens is 1. The van der Waals surface area contributed by atoms with Crippen LogP contribution in [0.3, 0.4) is 0 Å². The third kappa shape index (κ3) is 4.88. The van der Waals surface area contributed by atoms with Gasteiger partial charge in [-0.1, -0.05) is 18.2 Å². The molecule has 4 rings (SSSR count). The topological polar surface area (TPSA) is 86.8 Å². The van der Waals surface area contributed by atoms with Crippen LogP contribution in [-0.4, -0.2) is 61.2 Å². The number of rotatable bonds is 6. The molecule has 0 saturated carbocycles. The number of hydrogen-bond donors (Lipinski definition) is 2. The Hall–Kier alpha value is -3.46. The second-order valence-corrected chi connectivity index (χ2v) is 7.65. The zero-order chi connectivity index (χ0) is 22.5. The monoisotopic (exact) mass is 439 g/mol. The molecule has 1 aromatic carbocycles. The minimum absolute atomic E-state index is 0.211. The number of nitrogens with zero attached hydrogens (tertiary/aromatic N) is 3. The number of nitrogens with one attached hydrogen (secondary N) is 2. The molecule has 2 aromatic rings. The van der Waals surface area contributed by atoms with Gasteiger partial charge in [-0.15, -0.1) is 0 Å². The second-order valence-electron chi connectivity index (χ2n) is 7.65. The van der Waals surface area contributed by atoms with E-state index in [0.29, 0.717) is 23.4 Å². The van der Waals surface area contributed by atoms with Gasteiger partial charge >= 0.3 is 12.0 Å². The molecule has 168 valence electrons. The predicted molar refractivity (Wildman–Crippen MR) is 117 cm³/mol. The van der Waals surface area contributed by atoms with E-state index in [2.05, 4.69) is 25.4 Å². The Kier molecular flexibility index (Phi) is 6.65. The Labute approximate surface area is 186 Å². The van der Waals surface area contributed by atoms with E-state index in [4.69, 9.17) is 4.74 Å². The summed E-state index contributed by atoms with van der Waals surface area (Å²) in [5.74, 6) is 0.0447. The lowest BCUT2D eigenvalue weighted by Gasteiger charge is -2.37. The summed E-state index contributed by atoms with van der Waals surface area (Å²) in [4.78, 5) is 34.1. The summed E-state index contributed by atoms with van der Waals surface area (Å²) < 4.78 is 18.7. The quantitative estimate of drug-likeness (QED) is 0.672. The molecule has 2 amide bonds. The van der Waals surface area contributed by atoms with Crippen molar-refractivity contribution in [2.24, 2.45) is 0 Å². The molecule has 1 fully saturated rings. The number of halogens is 1. The number of piperazine rings is 1. The van der Waals surface area contributed by atoms with E-state index >= 15 is 0 Å². The number of amides is 2. The first-order valence-corrected chi connectivity index (χ1v) is 10.7. The van der Waals surface area contributed by atoms with Gasteiger partial charge in [0.25, 0.3) is 0 Å². The van der Waals surface area contributed by atoms with Crippen molar-refractivity contribution < 1.29 is 18.7 Å². The molecule has 0 radical (unpaired) electrons. The summed E-state index contributed by atoms with van der Waals surface area (Å²) in [6.07, 6.45) is 1.78. The molecule has 0 spiro atoms. The van der Waals surface area contributed by atoms with Crippen LogP contribution in [-0.2, 0) is 9.53 Å². The van der Waals surface area contributed by atoms with E-state index < -0.39 is 18.0 Å². The molecule has 2 aliphatic heterocycles. The summed E-state index contributed by atoms with van der Waals surface area (Å²) >= 11 is 0. The van der Waals surface area contributed by atoms with Gasteiger partial charge < -0.3 is 20.3 Å². The molecule has 0 unspecified atom stereocenters. The average molecular weight is 439 g/mol. The highest BCUT2D eigenvalue weighted by Gasteiger charge is 2.34. The van der Waals surface area contributed by atoms with Gasteiger partial charge in [0.2, 0.25) is 0 Å². The molecule has 0 bridgehead atoms. The summed E-state index contributed by atoms with van der Waals surface area (Å²) in [5, 5.41) is 5.57. The number of carbonyl (C=O) groups is 2. The fourth-order valence-electron chi connectivity index (χ4n) is 4.00. The Morgan fingerprint density at radius 1 is 1.16 bits per heavy atom. The zero-order valence-corrected chi connectivity index (χ0v) is 17.9. The summed E-state index contributed by atoms with van der Waals surface area (Å²) in [6.45, 7) is 5.41. The van der Waals surface area contributed by atoms with Gasteiger partial charge in [-0.2, -0.15) is 0 Å². The second kappa shape index (κ2) is 9.78. The van der Waals surface area contributed by atoms with Crippen molar-refractivity contribution in [3.8, 4) is 0 Å². The maximum atomic E-state index is 13.4. The SMILES string of the molecule is CCOC(=O)C1=C(CN2CCN(c3ccccn3)CC2)NC(=O)N[C@@H]1c1ccc(F)cc1. The molecule has 8 nitrogen and oxygen atoms in total. The highest BCUT2D eigenvalue weighted by atomic mass is 19.1. The van der Waals surface area contributed by atoms with Crippen molar-refractivity contribution in [1.29, 1.82) is 0 Å². The largest absolute Gasteiger partial charge is 0.463 e. The molecule has 2 N–H and O–H groups in total. The molecular weight excluding hydrogens is 413 g/mol. The molecule has 3 heterocycles. The number of benzene rings is 1. The number of carbonyl (C=O) groups excluding carboxylic acids is 2. The zero-order valence-electron chi connectivity index (χ0n) is 17.9. The van der Waals surface area contributed by atoms with E-state index in [1.165, 1.54) is 12.1 Å². The molecule has 0 aliphatic carbocycles. The Morgan fingerprint density at radius 2 is 1.91 bits per heavy atom. The van der Waals surface area contributed by atoms with Crippen LogP contribution in [0.5, 0.6) is 0 Å². The maximum Gasteiger partial charge on any atom is 0.338 e. The van der Waals surface area contributed by atoms with Crippen molar-refractivity contribution in [2.45, 2.75) is 13.0 Å². The van der Waals surface area contributed by atoms with E-state index in [1.807, 2.05) is 18.2 Å². The lowest BCUT2D eigenvalue weighted by molar-refractivity contribution is -0.139. The first-order valence-electron chi connectivity index (χ1n) is 10.7. The van der Waals surface area contributed by atoms with Crippen LogP contribution in [0.4, 0.5) is 15.0 Å². The normalized spacial score (nSPS) is 19.4. The third-order valence-corrected chi connectivity index (χ3v) is 5.58. The van der Waals surface area contributed by atoms with Gasteiger partial charge in [0.1, 0.15) is 11.6 Å². The van der Waals surface area contributed by atoms with Crippen LogP contribution >= 0.6 is 0 Å². The lowest BCUT2D eigenvalue weighted by atomic mass is 9.95. The van der Waals surface area contributed by atoms with Gasteiger partial charge in [-0.05, 0) is 36.8 Å². The van der Waals surface area contributed by atoms with Gasteiger partial charge in [0.05, 0.1) is 18.2 Å². The smallest absolute Gasteiger partial charge is 0.338 e. The van der Waals surface area contributed by atoms with Crippen LogP contribution in [0.25, 0.3) is 0 Å². The Morgan fingerprint density at radius 3 is 2.56 bits per heavy atom. The van der Waals surface area contributed by atoms with Crippen LogP contribution in [0.1, 0.15) is 18.5 Å². The highest BCUT2D eigenvalue weighted by molar-refractivity contribution is 5.95. The first kappa shape index (κ1) is 21.8. The van der Waals surface area contributed by atoms with E-state index in [9.17, 15) is 14.0 Å². The minimum Gasteiger partial charge on any atom is -0.463 e. The maximum absolute atomic E-state index is 13.4. The molecule has 2 aliphatic rings. The fraction of sp³-hybridized carbons (Fsp3) is 0.348. The van der Waals surface area contributed by atoms with E-state index in [-0.39, 0.29) is 12.4 Å². The van der Waals surface area contributed by atoms with Crippen molar-refractivity contribution in [3.05, 3.63) is 71.3 Å².